The number of carbonyl (C=O) groups is 1. The molecule has 3 nitrogen and oxygen atoms in total. The van der Waals surface area contributed by atoms with Crippen LogP contribution in [-0.4, -0.2) is 42.9 Å². The first-order chi connectivity index (χ1) is 6.97. The molecule has 1 aliphatic rings. The van der Waals surface area contributed by atoms with Crippen molar-refractivity contribution in [2.24, 2.45) is 5.41 Å². The van der Waals surface area contributed by atoms with Gasteiger partial charge in [-0.25, -0.2) is 0 Å². The molecule has 0 aromatic rings. The third-order valence-electron chi connectivity index (χ3n) is 3.12. The average molecular weight is 233 g/mol. The maximum atomic E-state index is 11.7. The number of likely N-dealkylation sites (N-methyl/N-ethyl adjacent to an activating group) is 1. The maximum Gasteiger partial charge on any atom is 0.226 e. The maximum absolute atomic E-state index is 11.7. The Morgan fingerprint density at radius 1 is 1.60 bits per heavy atom. The minimum Gasteiger partial charge on any atom is -0.354 e. The molecule has 1 aliphatic heterocycles. The fourth-order valence-corrected chi connectivity index (χ4v) is 1.87. The molecule has 1 amide bonds. The Labute approximate surface area is 97.2 Å². The van der Waals surface area contributed by atoms with Gasteiger partial charge in [-0.2, -0.15) is 0 Å². The van der Waals surface area contributed by atoms with Gasteiger partial charge in [0.1, 0.15) is 0 Å². The Morgan fingerprint density at radius 3 is 2.73 bits per heavy atom. The zero-order valence-electron chi connectivity index (χ0n) is 9.85. The molecular weight excluding hydrogens is 212 g/mol. The van der Waals surface area contributed by atoms with Crippen LogP contribution in [-0.2, 0) is 4.79 Å². The van der Waals surface area contributed by atoms with E-state index in [1.165, 1.54) is 12.8 Å². The van der Waals surface area contributed by atoms with E-state index in [2.05, 4.69) is 17.3 Å². The summed E-state index contributed by atoms with van der Waals surface area (Å²) < 4.78 is 0. The molecular formula is C11H21ClN2O. The van der Waals surface area contributed by atoms with E-state index in [1.54, 1.807) is 0 Å². The number of hydrogen-bond donors (Lipinski definition) is 1. The van der Waals surface area contributed by atoms with E-state index < -0.39 is 5.41 Å². The van der Waals surface area contributed by atoms with Gasteiger partial charge in [0.05, 0.1) is 5.41 Å². The summed E-state index contributed by atoms with van der Waals surface area (Å²) in [4.78, 5) is 14.0. The Kier molecular flexibility index (Phi) is 4.41. The highest BCUT2D eigenvalue weighted by atomic mass is 35.5. The molecule has 1 saturated heterocycles. The topological polar surface area (TPSA) is 32.3 Å². The molecule has 1 N–H and O–H groups in total. The quantitative estimate of drug-likeness (QED) is 0.745. The lowest BCUT2D eigenvalue weighted by molar-refractivity contribution is -0.128. The number of alkyl halides is 1. The van der Waals surface area contributed by atoms with Crippen molar-refractivity contribution in [3.63, 3.8) is 0 Å². The molecule has 0 spiro atoms. The molecule has 0 aliphatic carbocycles. The standard InChI is InChI=1S/C11H21ClN2O/c1-11(2,8-12)10(15)13-7-9-5-4-6-14(9)3/h9H,4-8H2,1-3H3,(H,13,15). The second-order valence-electron chi connectivity index (χ2n) is 5.00. The molecule has 1 unspecified atom stereocenters. The lowest BCUT2D eigenvalue weighted by Gasteiger charge is -2.24. The number of carbonyl (C=O) groups excluding carboxylic acids is 1. The van der Waals surface area contributed by atoms with Crippen LogP contribution in [0.2, 0.25) is 0 Å². The van der Waals surface area contributed by atoms with Gasteiger partial charge in [-0.05, 0) is 40.3 Å². The summed E-state index contributed by atoms with van der Waals surface area (Å²) in [6.45, 7) is 5.62. The summed E-state index contributed by atoms with van der Waals surface area (Å²) in [5, 5.41) is 2.98. The second-order valence-corrected chi connectivity index (χ2v) is 5.27. The zero-order valence-corrected chi connectivity index (χ0v) is 10.6. The fraction of sp³-hybridized carbons (Fsp3) is 0.909. The predicted molar refractivity (Wildman–Crippen MR) is 63.2 cm³/mol. The van der Waals surface area contributed by atoms with Crippen LogP contribution >= 0.6 is 11.6 Å². The molecule has 0 saturated carbocycles. The van der Waals surface area contributed by atoms with Crippen LogP contribution in [0.4, 0.5) is 0 Å². The van der Waals surface area contributed by atoms with Crippen molar-refractivity contribution >= 4 is 17.5 Å². The van der Waals surface area contributed by atoms with Crippen LogP contribution in [0.25, 0.3) is 0 Å². The van der Waals surface area contributed by atoms with E-state index in [0.29, 0.717) is 11.9 Å². The highest BCUT2D eigenvalue weighted by molar-refractivity contribution is 6.19. The molecule has 1 heterocycles. The normalized spacial score (nSPS) is 23.1. The molecule has 88 valence electrons. The van der Waals surface area contributed by atoms with Gasteiger partial charge in [-0.3, -0.25) is 4.79 Å². The van der Waals surface area contributed by atoms with Crippen molar-refractivity contribution in [2.45, 2.75) is 32.7 Å². The first-order valence-corrected chi connectivity index (χ1v) is 6.05. The summed E-state index contributed by atoms with van der Waals surface area (Å²) in [5.41, 5.74) is -0.460. The van der Waals surface area contributed by atoms with Gasteiger partial charge in [0.15, 0.2) is 0 Å². The molecule has 0 aromatic heterocycles. The summed E-state index contributed by atoms with van der Waals surface area (Å²) in [6.07, 6.45) is 2.41. The van der Waals surface area contributed by atoms with Gasteiger partial charge in [0, 0.05) is 18.5 Å². The molecule has 1 rings (SSSR count). The first kappa shape index (κ1) is 12.8. The second kappa shape index (κ2) is 5.17. The Morgan fingerprint density at radius 2 is 2.27 bits per heavy atom. The molecule has 1 fully saturated rings. The Balaban J connectivity index is 2.34. The van der Waals surface area contributed by atoms with Crippen LogP contribution in [0, 0.1) is 5.41 Å². The number of rotatable bonds is 4. The summed E-state index contributed by atoms with van der Waals surface area (Å²) in [6, 6.07) is 0.500. The summed E-state index contributed by atoms with van der Waals surface area (Å²) >= 11 is 5.74. The minimum atomic E-state index is -0.460. The van der Waals surface area contributed by atoms with Crippen LogP contribution in [0.3, 0.4) is 0 Å². The van der Waals surface area contributed by atoms with Crippen LogP contribution in [0.5, 0.6) is 0 Å². The molecule has 0 aromatic carbocycles. The zero-order chi connectivity index (χ0) is 11.5. The van der Waals surface area contributed by atoms with Crippen molar-refractivity contribution in [1.82, 2.24) is 10.2 Å². The van der Waals surface area contributed by atoms with Crippen molar-refractivity contribution in [3.05, 3.63) is 0 Å². The third-order valence-corrected chi connectivity index (χ3v) is 3.79. The van der Waals surface area contributed by atoms with E-state index in [9.17, 15) is 4.79 Å². The summed E-state index contributed by atoms with van der Waals surface area (Å²) in [5.74, 6) is 0.414. The van der Waals surface area contributed by atoms with Gasteiger partial charge < -0.3 is 10.2 Å². The van der Waals surface area contributed by atoms with E-state index in [0.717, 1.165) is 13.1 Å². The molecule has 0 bridgehead atoms. The number of nitrogens with one attached hydrogen (secondary N) is 1. The lowest BCUT2D eigenvalue weighted by Crippen LogP contribution is -2.44. The molecule has 0 radical (unpaired) electrons. The van der Waals surface area contributed by atoms with Gasteiger partial charge >= 0.3 is 0 Å². The van der Waals surface area contributed by atoms with Crippen LogP contribution in [0.1, 0.15) is 26.7 Å². The molecule has 4 heteroatoms. The highest BCUT2D eigenvalue weighted by Gasteiger charge is 2.28. The highest BCUT2D eigenvalue weighted by Crippen LogP contribution is 2.18. The van der Waals surface area contributed by atoms with E-state index >= 15 is 0 Å². The van der Waals surface area contributed by atoms with Gasteiger partial charge in [0.2, 0.25) is 5.91 Å². The third kappa shape index (κ3) is 3.35. The van der Waals surface area contributed by atoms with Crippen molar-refractivity contribution < 1.29 is 4.79 Å². The van der Waals surface area contributed by atoms with Crippen molar-refractivity contribution in [1.29, 1.82) is 0 Å². The Hall–Kier alpha value is -0.280. The van der Waals surface area contributed by atoms with Crippen LogP contribution < -0.4 is 5.32 Å². The van der Waals surface area contributed by atoms with Crippen LogP contribution in [0.15, 0.2) is 0 Å². The summed E-state index contributed by atoms with van der Waals surface area (Å²) in [7, 11) is 2.11. The van der Waals surface area contributed by atoms with E-state index in [4.69, 9.17) is 11.6 Å². The van der Waals surface area contributed by atoms with Gasteiger partial charge in [-0.15, -0.1) is 11.6 Å². The van der Waals surface area contributed by atoms with Gasteiger partial charge in [-0.1, -0.05) is 0 Å². The van der Waals surface area contributed by atoms with Crippen molar-refractivity contribution in [3.8, 4) is 0 Å². The smallest absolute Gasteiger partial charge is 0.226 e. The SMILES string of the molecule is CN1CCCC1CNC(=O)C(C)(C)CCl. The van der Waals surface area contributed by atoms with Gasteiger partial charge in [0.25, 0.3) is 0 Å². The number of hydrogen-bond acceptors (Lipinski definition) is 2. The van der Waals surface area contributed by atoms with E-state index in [1.807, 2.05) is 13.8 Å². The average Bonchev–Trinajstić information content (AvgIpc) is 2.60. The first-order valence-electron chi connectivity index (χ1n) is 5.52. The minimum absolute atomic E-state index is 0.0535. The lowest BCUT2D eigenvalue weighted by atomic mass is 9.95. The van der Waals surface area contributed by atoms with Crippen molar-refractivity contribution in [2.75, 3.05) is 26.0 Å². The monoisotopic (exact) mass is 232 g/mol. The fourth-order valence-electron chi connectivity index (χ4n) is 1.75. The largest absolute Gasteiger partial charge is 0.354 e. The Bertz CT molecular complexity index is 231. The number of nitrogens with zero attached hydrogens (tertiary/aromatic N) is 1. The molecule has 15 heavy (non-hydrogen) atoms. The molecule has 1 atom stereocenters. The number of amides is 1. The number of halogens is 1. The van der Waals surface area contributed by atoms with E-state index in [-0.39, 0.29) is 5.91 Å². The number of likely N-dealkylation sites (tertiary alicyclic amines) is 1. The predicted octanol–water partition coefficient (Wildman–Crippen LogP) is 1.46.